The number of carboxylic acids is 1. The number of aromatic nitrogens is 1. The smallest absolute Gasteiger partial charge is 0.337 e. The van der Waals surface area contributed by atoms with Crippen LogP contribution in [0.2, 0.25) is 0 Å². The SMILES string of the molecule is C/C=S(/C)N1CCn2c(-c3ccccc3)c(C)c3c(-c4ccc(C)cc4)c(C(OC(C)(C)C)C(=O)O)c(C)c1c32. The van der Waals surface area contributed by atoms with Gasteiger partial charge in [-0.25, -0.2) is 4.79 Å². The molecule has 0 aliphatic carbocycles. The Hall–Kier alpha value is -3.35. The van der Waals surface area contributed by atoms with Gasteiger partial charge in [-0.3, -0.25) is 0 Å². The predicted molar refractivity (Wildman–Crippen MR) is 171 cm³/mol. The number of benzene rings is 3. The van der Waals surface area contributed by atoms with Crippen molar-refractivity contribution in [2.24, 2.45) is 0 Å². The molecule has 1 aliphatic heterocycles. The maximum Gasteiger partial charge on any atom is 0.337 e. The van der Waals surface area contributed by atoms with Gasteiger partial charge in [0, 0.05) is 24.0 Å². The Bertz CT molecular complexity index is 1630. The number of ether oxygens (including phenoxy) is 1. The van der Waals surface area contributed by atoms with E-state index in [9.17, 15) is 9.90 Å². The molecule has 40 heavy (non-hydrogen) atoms. The van der Waals surface area contributed by atoms with Crippen molar-refractivity contribution in [1.29, 1.82) is 0 Å². The molecule has 0 radical (unpaired) electrons. The van der Waals surface area contributed by atoms with Crippen LogP contribution in [0.1, 0.15) is 56.1 Å². The second-order valence-corrected chi connectivity index (χ2v) is 13.6. The van der Waals surface area contributed by atoms with Gasteiger partial charge in [0.25, 0.3) is 0 Å². The van der Waals surface area contributed by atoms with E-state index in [0.717, 1.165) is 57.5 Å². The zero-order chi connectivity index (χ0) is 28.9. The van der Waals surface area contributed by atoms with Gasteiger partial charge in [-0.05, 0) is 87.9 Å². The highest BCUT2D eigenvalue weighted by Gasteiger charge is 2.37. The Morgan fingerprint density at radius 2 is 1.62 bits per heavy atom. The Balaban J connectivity index is 2.03. The Kier molecular flexibility index (Phi) is 7.45. The second-order valence-electron chi connectivity index (χ2n) is 11.7. The van der Waals surface area contributed by atoms with Crippen molar-refractivity contribution >= 4 is 38.6 Å². The first-order chi connectivity index (χ1) is 18.9. The molecule has 6 heteroatoms. The molecular formula is C34H40N2O3S. The van der Waals surface area contributed by atoms with E-state index in [1.165, 1.54) is 16.8 Å². The van der Waals surface area contributed by atoms with Crippen molar-refractivity contribution in [3.05, 3.63) is 76.9 Å². The van der Waals surface area contributed by atoms with Gasteiger partial charge in [0.05, 0.1) is 22.5 Å². The number of hydrogen-bond acceptors (Lipinski definition) is 3. The average molecular weight is 557 g/mol. The molecule has 5 rings (SSSR count). The molecule has 210 valence electrons. The fourth-order valence-electron chi connectivity index (χ4n) is 6.07. The van der Waals surface area contributed by atoms with E-state index in [1.807, 2.05) is 26.8 Å². The number of hydrogen-bond donors (Lipinski definition) is 1. The maximum absolute atomic E-state index is 13.0. The normalized spacial score (nSPS) is 15.1. The minimum absolute atomic E-state index is 0.128. The first-order valence-electron chi connectivity index (χ1n) is 13.9. The predicted octanol–water partition coefficient (Wildman–Crippen LogP) is 8.30. The minimum atomic E-state index is -1.12. The summed E-state index contributed by atoms with van der Waals surface area (Å²) >= 11 is 0. The standard InChI is InChI=1S/C34H40N2O3S/c1-9-40(8)36-20-19-35-29(25-13-11-10-12-14-25)22(3)26-28(24-17-15-21(2)16-18-24)27(23(4)30(36)31(26)35)32(33(37)38)39-34(5,6)7/h9-18,32H,19-20H2,1-8H3,(H,37,38). The van der Waals surface area contributed by atoms with E-state index in [0.29, 0.717) is 0 Å². The fourth-order valence-corrected chi connectivity index (χ4v) is 7.21. The second kappa shape index (κ2) is 10.6. The van der Waals surface area contributed by atoms with Crippen molar-refractivity contribution in [3.63, 3.8) is 0 Å². The van der Waals surface area contributed by atoms with Crippen LogP contribution in [0.15, 0.2) is 54.6 Å². The molecule has 2 unspecified atom stereocenters. The highest BCUT2D eigenvalue weighted by molar-refractivity contribution is 8.15. The monoisotopic (exact) mass is 556 g/mol. The van der Waals surface area contributed by atoms with Gasteiger partial charge in [0.2, 0.25) is 0 Å². The van der Waals surface area contributed by atoms with Gasteiger partial charge in [0.15, 0.2) is 6.10 Å². The molecule has 3 aromatic carbocycles. The largest absolute Gasteiger partial charge is 0.479 e. The topological polar surface area (TPSA) is 54.7 Å². The van der Waals surface area contributed by atoms with Gasteiger partial charge < -0.3 is 18.7 Å². The van der Waals surface area contributed by atoms with Gasteiger partial charge >= 0.3 is 5.97 Å². The molecule has 0 amide bonds. The number of carboxylic acid groups (broad SMARTS) is 1. The lowest BCUT2D eigenvalue weighted by Crippen LogP contribution is -2.31. The van der Waals surface area contributed by atoms with Crippen molar-refractivity contribution in [2.45, 2.75) is 66.7 Å². The lowest BCUT2D eigenvalue weighted by Gasteiger charge is -2.36. The van der Waals surface area contributed by atoms with E-state index in [1.54, 1.807) is 0 Å². The van der Waals surface area contributed by atoms with E-state index in [4.69, 9.17) is 4.74 Å². The molecular weight excluding hydrogens is 516 g/mol. The number of rotatable bonds is 6. The van der Waals surface area contributed by atoms with Crippen LogP contribution < -0.4 is 4.31 Å². The van der Waals surface area contributed by atoms with Crippen LogP contribution in [-0.4, -0.2) is 39.4 Å². The molecule has 4 aromatic rings. The molecule has 0 fully saturated rings. The van der Waals surface area contributed by atoms with Crippen molar-refractivity contribution in [1.82, 2.24) is 4.57 Å². The van der Waals surface area contributed by atoms with Gasteiger partial charge in [0.1, 0.15) is 0 Å². The van der Waals surface area contributed by atoms with Crippen LogP contribution in [0.3, 0.4) is 0 Å². The molecule has 0 bridgehead atoms. The van der Waals surface area contributed by atoms with Gasteiger partial charge in [-0.15, -0.1) is 10.7 Å². The highest BCUT2D eigenvalue weighted by atomic mass is 32.2. The molecule has 1 aliphatic rings. The van der Waals surface area contributed by atoms with Crippen LogP contribution in [0.4, 0.5) is 5.69 Å². The zero-order valence-electron chi connectivity index (χ0n) is 24.8. The van der Waals surface area contributed by atoms with Crippen molar-refractivity contribution in [3.8, 4) is 22.4 Å². The third kappa shape index (κ3) is 4.77. The zero-order valence-corrected chi connectivity index (χ0v) is 25.6. The molecule has 5 nitrogen and oxygen atoms in total. The van der Waals surface area contributed by atoms with Gasteiger partial charge in [-0.1, -0.05) is 60.2 Å². The van der Waals surface area contributed by atoms with Crippen molar-refractivity contribution in [2.75, 3.05) is 17.1 Å². The van der Waals surface area contributed by atoms with E-state index >= 15 is 0 Å². The van der Waals surface area contributed by atoms with Gasteiger partial charge in [-0.2, -0.15) is 0 Å². The third-order valence-electron chi connectivity index (χ3n) is 7.82. The number of anilines is 1. The molecule has 0 saturated carbocycles. The van der Waals surface area contributed by atoms with Crippen LogP contribution in [0, 0.1) is 20.8 Å². The van der Waals surface area contributed by atoms with Crippen molar-refractivity contribution < 1.29 is 14.6 Å². The van der Waals surface area contributed by atoms with E-state index < -0.39 is 17.7 Å². The van der Waals surface area contributed by atoms with Crippen LogP contribution in [-0.2, 0) is 16.1 Å². The first-order valence-corrected chi connectivity index (χ1v) is 15.5. The summed E-state index contributed by atoms with van der Waals surface area (Å²) < 4.78 is 11.3. The molecule has 2 atom stereocenters. The number of nitrogens with zero attached hydrogens (tertiary/aromatic N) is 2. The maximum atomic E-state index is 13.0. The summed E-state index contributed by atoms with van der Waals surface area (Å²) in [6, 6.07) is 19.0. The van der Waals surface area contributed by atoms with Crippen LogP contribution >= 0.6 is 10.7 Å². The summed E-state index contributed by atoms with van der Waals surface area (Å²) in [6.45, 7) is 15.9. The van der Waals surface area contributed by atoms with E-state index in [-0.39, 0.29) is 10.7 Å². The Morgan fingerprint density at radius 1 is 0.975 bits per heavy atom. The molecule has 0 saturated heterocycles. The number of aliphatic carboxylic acids is 1. The minimum Gasteiger partial charge on any atom is -0.479 e. The lowest BCUT2D eigenvalue weighted by atomic mass is 9.86. The van der Waals surface area contributed by atoms with E-state index in [2.05, 4.69) is 96.7 Å². The summed E-state index contributed by atoms with van der Waals surface area (Å²) in [5.74, 6) is -0.974. The van der Waals surface area contributed by atoms with Crippen LogP contribution in [0.5, 0.6) is 0 Å². The fraction of sp³-hybridized carbons (Fsp3) is 0.353. The first kappa shape index (κ1) is 28.2. The molecule has 1 aromatic heterocycles. The molecule has 1 N–H and O–H groups in total. The third-order valence-corrected chi connectivity index (χ3v) is 9.56. The summed E-state index contributed by atoms with van der Waals surface area (Å²) in [5.41, 5.74) is 10.0. The molecule has 0 spiro atoms. The summed E-state index contributed by atoms with van der Waals surface area (Å²) in [4.78, 5) is 13.0. The average Bonchev–Trinajstić information content (AvgIpc) is 3.21. The number of aryl methyl sites for hydroxylation is 2. The summed E-state index contributed by atoms with van der Waals surface area (Å²) in [5, 5.41) is 14.0. The lowest BCUT2D eigenvalue weighted by molar-refractivity contribution is -0.160. The Morgan fingerprint density at radius 3 is 2.20 bits per heavy atom. The highest BCUT2D eigenvalue weighted by Crippen LogP contribution is 2.52. The van der Waals surface area contributed by atoms with Crippen LogP contribution in [0.25, 0.3) is 33.3 Å². The summed E-state index contributed by atoms with van der Waals surface area (Å²) in [7, 11) is -0.128. The Labute approximate surface area is 240 Å². The summed E-state index contributed by atoms with van der Waals surface area (Å²) in [6.07, 6.45) is 1.12. The number of carbonyl (C=O) groups is 1. The molecule has 2 heterocycles. The quantitative estimate of drug-likeness (QED) is 0.243.